The molecule has 0 N–H and O–H groups in total. The standard InChI is InChI=1S/C8H13Cl.C6H12BrCl.C2H.CH3F.B26.B25.Na/c1-2-3-4-5-6-7-8-9;7-5-3-1-2-4-6-8;2*1-2;1-15(2)22(16(3)4)25(21(13)14)26(23(17(5)6)18(7)8)24(19(9)10)20(11)12;1-14-21(15(2)3)24(20(12)13)25(22(16(4)5)17(6)7)23(18(8)9)19(10)11;/h1H,3-8H2;1-6H2;1H;1H3;;;/q;;-1;;;;+1/i;;;1D;;;. The average Bonchev–Trinajstić information content (AvgIpc) is 3.25. The Morgan fingerprint density at radius 1 is 0.425 bits per heavy atom. The molecule has 0 aliphatic rings. The maximum Gasteiger partial charge on any atom is 1.00 e. The largest absolute Gasteiger partial charge is 1.00 e. The van der Waals surface area contributed by atoms with Gasteiger partial charge in [-0.2, -0.15) is 0 Å². The summed E-state index contributed by atoms with van der Waals surface area (Å²) in [5.41, 5.74) is 0. The molecule has 0 unspecified atom stereocenters. The zero-order valence-corrected chi connectivity index (χ0v) is 48.4. The molecule has 0 heterocycles. The summed E-state index contributed by atoms with van der Waals surface area (Å²) in [7, 11) is 160. The van der Waals surface area contributed by atoms with Crippen LogP contribution >= 0.6 is 39.1 Å². The Labute approximate surface area is 538 Å². The van der Waals surface area contributed by atoms with E-state index in [0.29, 0.717) is 0 Å². The second-order valence-corrected chi connectivity index (χ2v) is 18.9. The van der Waals surface area contributed by atoms with Gasteiger partial charge in [-0.1, -0.05) is 41.6 Å². The van der Waals surface area contributed by atoms with Crippen molar-refractivity contribution in [3.8, 4) is 18.8 Å². The zero-order valence-electron chi connectivity index (χ0n) is 44.3. The van der Waals surface area contributed by atoms with Crippen LogP contribution in [0.3, 0.4) is 0 Å². The van der Waals surface area contributed by atoms with E-state index in [0.717, 1.165) is 36.4 Å². The summed E-state index contributed by atoms with van der Waals surface area (Å²) in [6, 6.07) is 0. The van der Waals surface area contributed by atoms with E-state index < -0.39 is 154 Å². The van der Waals surface area contributed by atoms with Gasteiger partial charge in [0.2, 0.25) is 0 Å². The first-order valence-electron chi connectivity index (χ1n) is 24.0. The minimum absolute atomic E-state index is 0. The second-order valence-electron chi connectivity index (χ2n) is 17.3. The first-order chi connectivity index (χ1) is 33.9. The predicted octanol–water partition coefficient (Wildman–Crippen LogP) is -15.6. The van der Waals surface area contributed by atoms with Gasteiger partial charge in [-0.05, 0) is 25.7 Å². The molecule has 73 heavy (non-hydrogen) atoms. The molecule has 0 amide bonds. The van der Waals surface area contributed by atoms with Crippen LogP contribution in [0.1, 0.15) is 59.2 Å². The van der Waals surface area contributed by atoms with Crippen molar-refractivity contribution >= 4 is 402 Å². The van der Waals surface area contributed by atoms with Crippen molar-refractivity contribution in [2.24, 2.45) is 0 Å². The molecule has 56 heteroatoms. The van der Waals surface area contributed by atoms with E-state index in [-0.39, 0.29) is 29.6 Å². The molecule has 0 aromatic carbocycles. The fourth-order valence-corrected chi connectivity index (χ4v) is 9.43. The van der Waals surface area contributed by atoms with E-state index in [9.17, 15) is 4.39 Å². The van der Waals surface area contributed by atoms with Crippen molar-refractivity contribution in [2.45, 2.75) is 57.8 Å². The van der Waals surface area contributed by atoms with E-state index in [1.165, 1.54) is 45.6 Å². The summed E-state index contributed by atoms with van der Waals surface area (Å²) in [4.78, 5) is 0. The molecule has 0 aromatic heterocycles. The van der Waals surface area contributed by atoms with Gasteiger partial charge in [0.05, 0.1) is 8.52 Å². The van der Waals surface area contributed by atoms with E-state index in [4.69, 9.17) is 246 Å². The van der Waals surface area contributed by atoms with Crippen molar-refractivity contribution < 1.29 is 35.3 Å². The maximum absolute atomic E-state index is 9.96. The van der Waals surface area contributed by atoms with Crippen LogP contribution in [0.15, 0.2) is 0 Å². The van der Waals surface area contributed by atoms with Gasteiger partial charge in [-0.25, -0.2) is 0 Å². The molecule has 0 spiro atoms. The number of unbranched alkanes of at least 4 members (excludes halogenated alkanes) is 7. The molecule has 0 nitrogen and oxygen atoms in total. The molecule has 0 bridgehead atoms. The number of alkyl halides is 4. The van der Waals surface area contributed by atoms with Crippen LogP contribution in [0.2, 0.25) is 0 Å². The van der Waals surface area contributed by atoms with Crippen LogP contribution in [0.4, 0.5) is 4.39 Å². The van der Waals surface area contributed by atoms with Crippen LogP contribution < -0.4 is 29.6 Å². The zero-order chi connectivity index (χ0) is 58.9. The van der Waals surface area contributed by atoms with Gasteiger partial charge in [0.1, 0.15) is 0 Å². The summed E-state index contributed by atoms with van der Waals surface area (Å²) < 4.78 is 15.5. The molecule has 0 fully saturated rings. The van der Waals surface area contributed by atoms with Crippen molar-refractivity contribution in [1.82, 2.24) is 0 Å². The minimum Gasteiger partial charge on any atom is -0.697 e. The summed E-state index contributed by atoms with van der Waals surface area (Å²) in [6.45, 7) is 0. The molecule has 0 atom stereocenters. The van der Waals surface area contributed by atoms with Gasteiger partial charge >= 0.3 is 29.6 Å². The smallest absolute Gasteiger partial charge is 0.697 e. The Balaban J connectivity index is -0.000000172. The van der Waals surface area contributed by atoms with Crippen LogP contribution in [-0.4, -0.2) is 387 Å². The molecule has 55 radical (unpaired) electrons. The number of halogens is 4. The first kappa shape index (κ1) is 88.6. The fraction of sp³-hybridized carbons (Fsp3) is 0.765. The SMILES string of the molecule is C#CCCCCCCCl.ClCCCCCCBr.[2H]CF.[B]B([B])B(B([B])[B])B(B([B])[B])B(B(B([B])[B])B([B])[B])B(B([B])[B])B([B])[B].[B][B]B(B([B])[B])B(B([B])[B])B(B(B([B])[B])B([B])[B])B(B([B])[B])B([B])[B].[C-]#C.[Na+]. The molecular weight excluding hydrogens is 948 g/mol. The molecule has 279 valence electrons. The van der Waals surface area contributed by atoms with Crippen molar-refractivity contribution in [3.63, 3.8) is 0 Å². The van der Waals surface area contributed by atoms with Gasteiger partial charge in [0, 0.05) is 386 Å². The molecule has 0 aliphatic carbocycles. The van der Waals surface area contributed by atoms with Crippen molar-refractivity contribution in [2.75, 3.05) is 24.2 Å². The van der Waals surface area contributed by atoms with E-state index in [1.807, 2.05) is 0 Å². The monoisotopic (exact) mass is 987 g/mol. The van der Waals surface area contributed by atoms with Crippen LogP contribution in [-0.2, 0) is 0 Å². The van der Waals surface area contributed by atoms with E-state index >= 15 is 0 Å². The molecular formula is C17H29B51BrCl2FNa. The van der Waals surface area contributed by atoms with E-state index in [2.05, 4.69) is 28.3 Å². The van der Waals surface area contributed by atoms with Crippen LogP contribution in [0.25, 0.3) is 0 Å². The normalized spacial score (nSPS) is 8.97. The summed E-state index contributed by atoms with van der Waals surface area (Å²) in [6.07, 6.45) is 4.75. The third kappa shape index (κ3) is 41.1. The molecule has 0 saturated heterocycles. The Hall–Kier alpha value is 4.42. The Kier molecular flexibility index (Phi) is 69.1. The molecule has 0 aromatic rings. The van der Waals surface area contributed by atoms with Gasteiger partial charge < -0.3 is 12.8 Å². The van der Waals surface area contributed by atoms with Gasteiger partial charge in [0.15, 0.2) is 0 Å². The van der Waals surface area contributed by atoms with Crippen LogP contribution in [0, 0.1) is 25.2 Å². The summed E-state index contributed by atoms with van der Waals surface area (Å²) in [5, 5.41) is 1.13. The molecule has 0 rings (SSSR count). The molecule has 0 aliphatic heterocycles. The predicted molar refractivity (Wildman–Crippen MR) is 394 cm³/mol. The van der Waals surface area contributed by atoms with Gasteiger partial charge in [-0.15, -0.1) is 35.5 Å². The van der Waals surface area contributed by atoms with Crippen molar-refractivity contribution in [1.29, 1.82) is 0 Å². The van der Waals surface area contributed by atoms with Gasteiger partial charge in [0.25, 0.3) is 0 Å². The maximum atomic E-state index is 9.96. The van der Waals surface area contributed by atoms with Crippen molar-refractivity contribution in [3.05, 3.63) is 6.42 Å². The Bertz CT molecular complexity index is 1170. The topological polar surface area (TPSA) is 0 Å². The number of hydrogen-bond donors (Lipinski definition) is 0. The van der Waals surface area contributed by atoms with Gasteiger partial charge in [-0.3, -0.25) is 4.39 Å². The second kappa shape index (κ2) is 56.9. The van der Waals surface area contributed by atoms with Crippen LogP contribution in [0.5, 0.6) is 0 Å². The number of terminal acetylenes is 2. The number of hydrogen-bond acceptors (Lipinski definition) is 0. The first-order valence-corrected chi connectivity index (χ1v) is 25.5. The average molecular weight is 979 g/mol. The Morgan fingerprint density at radius 3 is 0.836 bits per heavy atom. The third-order valence-corrected chi connectivity index (χ3v) is 12.9. The molecule has 0 saturated carbocycles. The Morgan fingerprint density at radius 2 is 0.644 bits per heavy atom. The van der Waals surface area contributed by atoms with E-state index in [1.54, 1.807) is 0 Å². The summed E-state index contributed by atoms with van der Waals surface area (Å²) >= 11 is 14.3. The fourth-order valence-electron chi connectivity index (χ4n) is 8.66. The quantitative estimate of drug-likeness (QED) is 0.0207. The summed E-state index contributed by atoms with van der Waals surface area (Å²) in [5.74, 6) is 4.22. The number of rotatable bonds is 32. The minimum atomic E-state index is -1.02. The third-order valence-electron chi connectivity index (χ3n) is 11.8.